The Morgan fingerprint density at radius 1 is 0.973 bits per heavy atom. The highest BCUT2D eigenvalue weighted by molar-refractivity contribution is 6.17. The second-order valence-corrected chi connectivity index (χ2v) is 8.66. The number of ether oxygens (including phenoxy) is 3. The standard InChI is InChI=1S/C28H27FN2O6/c1-18(21-7-5-4-6-8-21)31-26(33)28(37-27(31)34,16-19-9-11-22(29)12-10-19)25(32)30-17-20-13-23(35-2)15-24(14-20)36-3/h4-15,18H,16-17H2,1-3H3,(H,30,32)/t18-,28-/m1/s1. The molecule has 2 atom stereocenters. The van der Waals surface area contributed by atoms with Crippen molar-refractivity contribution in [2.75, 3.05) is 14.2 Å². The van der Waals surface area contributed by atoms with Gasteiger partial charge in [0.25, 0.3) is 17.4 Å². The molecule has 1 fully saturated rings. The van der Waals surface area contributed by atoms with Crippen LogP contribution in [0.4, 0.5) is 9.18 Å². The van der Waals surface area contributed by atoms with Crippen LogP contribution in [0.2, 0.25) is 0 Å². The van der Waals surface area contributed by atoms with Gasteiger partial charge in [-0.15, -0.1) is 0 Å². The molecule has 0 bridgehead atoms. The van der Waals surface area contributed by atoms with Gasteiger partial charge in [-0.2, -0.15) is 0 Å². The van der Waals surface area contributed by atoms with Crippen molar-refractivity contribution in [3.05, 3.63) is 95.3 Å². The third kappa shape index (κ3) is 5.25. The van der Waals surface area contributed by atoms with Gasteiger partial charge in [0.15, 0.2) is 0 Å². The fourth-order valence-corrected chi connectivity index (χ4v) is 4.25. The third-order valence-electron chi connectivity index (χ3n) is 6.29. The van der Waals surface area contributed by atoms with Gasteiger partial charge < -0.3 is 19.5 Å². The Morgan fingerprint density at radius 3 is 2.19 bits per heavy atom. The molecule has 1 aliphatic rings. The Hall–Kier alpha value is -4.40. The van der Waals surface area contributed by atoms with Gasteiger partial charge >= 0.3 is 6.09 Å². The molecule has 3 aromatic rings. The first-order chi connectivity index (χ1) is 17.8. The maximum absolute atomic E-state index is 13.8. The second kappa shape index (κ2) is 10.7. The molecule has 0 aromatic heterocycles. The van der Waals surface area contributed by atoms with E-state index in [-0.39, 0.29) is 13.0 Å². The lowest BCUT2D eigenvalue weighted by atomic mass is 9.91. The Labute approximate surface area is 213 Å². The summed E-state index contributed by atoms with van der Waals surface area (Å²) in [6.07, 6.45) is -1.19. The number of nitrogens with one attached hydrogen (secondary N) is 1. The summed E-state index contributed by atoms with van der Waals surface area (Å²) in [6.45, 7) is 1.69. The fraction of sp³-hybridized carbons (Fsp3) is 0.250. The molecule has 0 saturated carbocycles. The number of nitrogens with zero attached hydrogens (tertiary/aromatic N) is 1. The SMILES string of the molecule is COc1cc(CNC(=O)[C@@]2(Cc3ccc(F)cc3)OC(=O)N([C@H](C)c3ccccc3)C2=O)cc(OC)c1. The maximum Gasteiger partial charge on any atom is 0.418 e. The zero-order chi connectivity index (χ0) is 26.6. The molecular formula is C28H27FN2O6. The topological polar surface area (TPSA) is 94.2 Å². The largest absolute Gasteiger partial charge is 0.497 e. The van der Waals surface area contributed by atoms with Crippen molar-refractivity contribution in [1.82, 2.24) is 10.2 Å². The van der Waals surface area contributed by atoms with Crippen molar-refractivity contribution in [3.8, 4) is 11.5 Å². The van der Waals surface area contributed by atoms with E-state index < -0.39 is 35.4 Å². The summed E-state index contributed by atoms with van der Waals surface area (Å²) >= 11 is 0. The van der Waals surface area contributed by atoms with E-state index in [1.165, 1.54) is 38.5 Å². The third-order valence-corrected chi connectivity index (χ3v) is 6.29. The minimum atomic E-state index is -2.17. The molecule has 1 saturated heterocycles. The number of rotatable bonds is 9. The Kier molecular flexibility index (Phi) is 7.42. The highest BCUT2D eigenvalue weighted by Crippen LogP contribution is 2.35. The predicted molar refractivity (Wildman–Crippen MR) is 132 cm³/mol. The minimum Gasteiger partial charge on any atom is -0.497 e. The van der Waals surface area contributed by atoms with Gasteiger partial charge in [-0.3, -0.25) is 9.59 Å². The van der Waals surface area contributed by atoms with E-state index in [0.29, 0.717) is 28.2 Å². The summed E-state index contributed by atoms with van der Waals surface area (Å²) in [5.41, 5.74) is -0.363. The minimum absolute atomic E-state index is 0.0105. The molecule has 9 heteroatoms. The summed E-state index contributed by atoms with van der Waals surface area (Å²) in [5.74, 6) is -1.01. The Morgan fingerprint density at radius 2 is 1.59 bits per heavy atom. The Bertz CT molecular complexity index is 1280. The summed E-state index contributed by atoms with van der Waals surface area (Å²) in [6, 6.07) is 18.7. The van der Waals surface area contributed by atoms with Crippen LogP contribution in [0.5, 0.6) is 11.5 Å². The molecule has 0 aliphatic carbocycles. The van der Waals surface area contributed by atoms with Crippen LogP contribution in [-0.4, -0.2) is 42.6 Å². The van der Waals surface area contributed by atoms with E-state index >= 15 is 0 Å². The van der Waals surface area contributed by atoms with E-state index in [1.54, 1.807) is 49.4 Å². The van der Waals surface area contributed by atoms with E-state index in [1.807, 2.05) is 6.07 Å². The molecule has 8 nitrogen and oxygen atoms in total. The van der Waals surface area contributed by atoms with Crippen LogP contribution < -0.4 is 14.8 Å². The van der Waals surface area contributed by atoms with Crippen molar-refractivity contribution >= 4 is 17.9 Å². The summed E-state index contributed by atoms with van der Waals surface area (Å²) in [4.78, 5) is 41.4. The molecular weight excluding hydrogens is 479 g/mol. The first kappa shape index (κ1) is 25.7. The molecule has 0 spiro atoms. The molecule has 4 rings (SSSR count). The quantitative estimate of drug-likeness (QED) is 0.438. The average Bonchev–Trinajstić information content (AvgIpc) is 3.17. The summed E-state index contributed by atoms with van der Waals surface area (Å²) in [7, 11) is 3.02. The number of methoxy groups -OCH3 is 2. The van der Waals surface area contributed by atoms with Gasteiger partial charge in [0.1, 0.15) is 17.3 Å². The highest BCUT2D eigenvalue weighted by atomic mass is 19.1. The fourth-order valence-electron chi connectivity index (χ4n) is 4.25. The van der Waals surface area contributed by atoms with Gasteiger partial charge in [-0.1, -0.05) is 42.5 Å². The van der Waals surface area contributed by atoms with Crippen LogP contribution in [0, 0.1) is 5.82 Å². The molecule has 0 radical (unpaired) electrons. The van der Waals surface area contributed by atoms with Gasteiger partial charge in [0.05, 0.1) is 20.3 Å². The van der Waals surface area contributed by atoms with E-state index in [9.17, 15) is 18.8 Å². The van der Waals surface area contributed by atoms with Crippen molar-refractivity contribution in [1.29, 1.82) is 0 Å². The number of imide groups is 1. The number of amides is 3. The normalized spacial score (nSPS) is 17.8. The van der Waals surface area contributed by atoms with Crippen molar-refractivity contribution < 1.29 is 33.0 Å². The number of benzene rings is 3. The van der Waals surface area contributed by atoms with E-state index in [2.05, 4.69) is 5.32 Å². The zero-order valence-electron chi connectivity index (χ0n) is 20.7. The van der Waals surface area contributed by atoms with Gasteiger partial charge in [0.2, 0.25) is 0 Å². The molecule has 37 heavy (non-hydrogen) atoms. The van der Waals surface area contributed by atoms with E-state index in [4.69, 9.17) is 14.2 Å². The average molecular weight is 507 g/mol. The van der Waals surface area contributed by atoms with Crippen LogP contribution in [0.3, 0.4) is 0 Å². The second-order valence-electron chi connectivity index (χ2n) is 8.66. The molecule has 0 unspecified atom stereocenters. The first-order valence-electron chi connectivity index (χ1n) is 11.6. The number of hydrogen-bond acceptors (Lipinski definition) is 6. The lowest BCUT2D eigenvalue weighted by Gasteiger charge is -2.26. The van der Waals surface area contributed by atoms with Crippen molar-refractivity contribution in [2.24, 2.45) is 0 Å². The van der Waals surface area contributed by atoms with Crippen molar-refractivity contribution in [2.45, 2.75) is 31.5 Å². The smallest absolute Gasteiger partial charge is 0.418 e. The molecule has 3 amide bonds. The Balaban J connectivity index is 1.65. The number of cyclic esters (lactones) is 1. The van der Waals surface area contributed by atoms with Gasteiger partial charge in [-0.05, 0) is 47.9 Å². The highest BCUT2D eigenvalue weighted by Gasteiger charge is 2.60. The number of halogens is 1. The van der Waals surface area contributed by atoms with Crippen LogP contribution >= 0.6 is 0 Å². The summed E-state index contributed by atoms with van der Waals surface area (Å²) in [5, 5.41) is 2.72. The lowest BCUT2D eigenvalue weighted by Crippen LogP contribution is -2.55. The monoisotopic (exact) mass is 506 g/mol. The van der Waals surface area contributed by atoms with Crippen LogP contribution in [0.15, 0.2) is 72.8 Å². The van der Waals surface area contributed by atoms with Gasteiger partial charge in [0, 0.05) is 19.0 Å². The predicted octanol–water partition coefficient (Wildman–Crippen LogP) is 4.18. The van der Waals surface area contributed by atoms with Crippen LogP contribution in [-0.2, 0) is 27.3 Å². The molecule has 3 aromatic carbocycles. The summed E-state index contributed by atoms with van der Waals surface area (Å²) < 4.78 is 29.6. The zero-order valence-corrected chi connectivity index (χ0v) is 20.7. The number of hydrogen-bond donors (Lipinski definition) is 1. The molecule has 192 valence electrons. The number of carbonyl (C=O) groups is 3. The maximum atomic E-state index is 13.8. The van der Waals surface area contributed by atoms with Crippen molar-refractivity contribution in [3.63, 3.8) is 0 Å². The lowest BCUT2D eigenvalue weighted by molar-refractivity contribution is -0.150. The van der Waals surface area contributed by atoms with Crippen LogP contribution in [0.25, 0.3) is 0 Å². The molecule has 1 aliphatic heterocycles. The van der Waals surface area contributed by atoms with Crippen LogP contribution in [0.1, 0.15) is 29.7 Å². The van der Waals surface area contributed by atoms with Gasteiger partial charge in [-0.25, -0.2) is 14.1 Å². The number of carbonyl (C=O) groups excluding carboxylic acids is 3. The molecule has 1 N–H and O–H groups in total. The molecule has 1 heterocycles. The van der Waals surface area contributed by atoms with E-state index in [0.717, 1.165) is 4.90 Å². The first-order valence-corrected chi connectivity index (χ1v) is 11.6.